The third-order valence-corrected chi connectivity index (χ3v) is 10.5. The van der Waals surface area contributed by atoms with Crippen molar-refractivity contribution in [1.29, 1.82) is 0 Å². The molecule has 4 aliphatic rings. The molecule has 0 radical (unpaired) electrons. The minimum atomic E-state index is -1.43. The van der Waals surface area contributed by atoms with E-state index in [-0.39, 0.29) is 41.7 Å². The van der Waals surface area contributed by atoms with Gasteiger partial charge in [-0.05, 0) is 61.5 Å². The SMILES string of the molecule is CC[C@H]1[C@H]2[C@H]([C@H](C)c3c[nH]c4ccccc34)NC(=O)[C@]23C(=O)/C=C/C(=O)[C@@H](O)/C(C)=C\[C@@H](C)C/C=C/C3[C@@H]2O[C@@]21C. The van der Waals surface area contributed by atoms with Gasteiger partial charge in [0.2, 0.25) is 5.91 Å². The molecule has 7 heteroatoms. The number of ketones is 2. The Morgan fingerprint density at radius 1 is 1.17 bits per heavy atom. The van der Waals surface area contributed by atoms with Crippen LogP contribution in [0, 0.1) is 29.1 Å². The maximum Gasteiger partial charge on any atom is 0.235 e. The number of hydrogen-bond acceptors (Lipinski definition) is 5. The molecular formula is C34H40N2O5. The lowest BCUT2D eigenvalue weighted by atomic mass is 9.50. The molecule has 1 amide bonds. The summed E-state index contributed by atoms with van der Waals surface area (Å²) < 4.78 is 6.45. The van der Waals surface area contributed by atoms with Gasteiger partial charge in [-0.15, -0.1) is 0 Å². The van der Waals surface area contributed by atoms with Crippen LogP contribution in [0.3, 0.4) is 0 Å². The first-order valence-corrected chi connectivity index (χ1v) is 14.9. The fourth-order valence-electron chi connectivity index (χ4n) is 8.41. The van der Waals surface area contributed by atoms with E-state index >= 15 is 0 Å². The number of nitrogens with one attached hydrogen (secondary N) is 2. The van der Waals surface area contributed by atoms with Crippen LogP contribution in [0.1, 0.15) is 58.9 Å². The highest BCUT2D eigenvalue weighted by Crippen LogP contribution is 2.67. The Bertz CT molecular complexity index is 1500. The zero-order chi connectivity index (χ0) is 29.3. The number of hydrogen-bond donors (Lipinski definition) is 3. The van der Waals surface area contributed by atoms with Crippen molar-refractivity contribution >= 4 is 28.4 Å². The first-order valence-electron chi connectivity index (χ1n) is 14.9. The number of amides is 1. The van der Waals surface area contributed by atoms with E-state index in [0.717, 1.165) is 29.0 Å². The van der Waals surface area contributed by atoms with Gasteiger partial charge in [-0.2, -0.15) is 0 Å². The van der Waals surface area contributed by atoms with Gasteiger partial charge in [0.05, 0.1) is 11.7 Å². The summed E-state index contributed by atoms with van der Waals surface area (Å²) in [5, 5.41) is 15.1. The van der Waals surface area contributed by atoms with Crippen molar-refractivity contribution in [2.75, 3.05) is 0 Å². The summed E-state index contributed by atoms with van der Waals surface area (Å²) in [5.41, 5.74) is 0.795. The lowest BCUT2D eigenvalue weighted by molar-refractivity contribution is -0.145. The zero-order valence-electron chi connectivity index (χ0n) is 24.4. The van der Waals surface area contributed by atoms with E-state index in [4.69, 9.17) is 4.74 Å². The van der Waals surface area contributed by atoms with Gasteiger partial charge in [0.1, 0.15) is 11.5 Å². The van der Waals surface area contributed by atoms with Gasteiger partial charge in [-0.25, -0.2) is 0 Å². The molecule has 10 atom stereocenters. The second-order valence-electron chi connectivity index (χ2n) is 12.8. The number of carbonyl (C=O) groups is 3. The molecule has 6 rings (SSSR count). The monoisotopic (exact) mass is 556 g/mol. The number of fused-ring (bicyclic) bond motifs is 3. The zero-order valence-corrected chi connectivity index (χ0v) is 24.4. The molecule has 1 aromatic carbocycles. The first kappa shape index (κ1) is 27.9. The van der Waals surface area contributed by atoms with Crippen LogP contribution in [-0.2, 0) is 19.1 Å². The van der Waals surface area contributed by atoms with Gasteiger partial charge in [0.15, 0.2) is 11.6 Å². The predicted octanol–water partition coefficient (Wildman–Crippen LogP) is 4.78. The fraction of sp³-hybridized carbons (Fsp3) is 0.500. The Morgan fingerprint density at radius 2 is 1.93 bits per heavy atom. The third-order valence-electron chi connectivity index (χ3n) is 10.5. The number of epoxide rings is 1. The normalized spacial score (nSPS) is 42.3. The summed E-state index contributed by atoms with van der Waals surface area (Å²) in [6.07, 6.45) is 10.2. The van der Waals surface area contributed by atoms with E-state index in [1.807, 2.05) is 49.5 Å². The van der Waals surface area contributed by atoms with Crippen LogP contribution < -0.4 is 5.32 Å². The summed E-state index contributed by atoms with van der Waals surface area (Å²) in [7, 11) is 0. The van der Waals surface area contributed by atoms with Crippen molar-refractivity contribution in [1.82, 2.24) is 10.3 Å². The Labute approximate surface area is 241 Å². The number of aromatic nitrogens is 1. The highest BCUT2D eigenvalue weighted by atomic mass is 16.6. The quantitative estimate of drug-likeness (QED) is 0.286. The maximum absolute atomic E-state index is 14.5. The van der Waals surface area contributed by atoms with Crippen LogP contribution in [0.5, 0.6) is 0 Å². The number of para-hydroxylation sites is 1. The fourth-order valence-corrected chi connectivity index (χ4v) is 8.41. The van der Waals surface area contributed by atoms with E-state index in [1.54, 1.807) is 6.92 Å². The number of aliphatic hydroxyl groups excluding tert-OH is 1. The predicted molar refractivity (Wildman–Crippen MR) is 157 cm³/mol. The number of aromatic amines is 1. The molecule has 216 valence electrons. The molecule has 3 N–H and O–H groups in total. The average Bonchev–Trinajstić information content (AvgIpc) is 3.31. The first-order chi connectivity index (χ1) is 19.5. The molecule has 2 aliphatic carbocycles. The lowest BCUT2D eigenvalue weighted by Crippen LogP contribution is -2.58. The van der Waals surface area contributed by atoms with Gasteiger partial charge in [-0.3, -0.25) is 14.4 Å². The Morgan fingerprint density at radius 3 is 2.68 bits per heavy atom. The molecule has 0 bridgehead atoms. The number of H-pyrrole nitrogens is 1. The summed E-state index contributed by atoms with van der Waals surface area (Å²) >= 11 is 0. The van der Waals surface area contributed by atoms with Gasteiger partial charge < -0.3 is 20.1 Å². The van der Waals surface area contributed by atoms with Crippen LogP contribution in [-0.4, -0.2) is 51.4 Å². The molecule has 1 saturated carbocycles. The van der Waals surface area contributed by atoms with E-state index in [2.05, 4.69) is 37.1 Å². The molecule has 41 heavy (non-hydrogen) atoms. The van der Waals surface area contributed by atoms with E-state index in [0.29, 0.717) is 12.0 Å². The summed E-state index contributed by atoms with van der Waals surface area (Å²) in [4.78, 5) is 45.2. The average molecular weight is 557 g/mol. The molecule has 2 aromatic rings. The summed E-state index contributed by atoms with van der Waals surface area (Å²) in [6, 6.07) is 7.79. The van der Waals surface area contributed by atoms with Crippen LogP contribution >= 0.6 is 0 Å². The van der Waals surface area contributed by atoms with Gasteiger partial charge in [0.25, 0.3) is 0 Å². The van der Waals surface area contributed by atoms with E-state index in [1.165, 1.54) is 6.08 Å². The number of benzene rings is 1. The number of allylic oxidation sites excluding steroid dienone is 3. The molecule has 1 unspecified atom stereocenters. The highest BCUT2D eigenvalue weighted by molar-refractivity contribution is 6.15. The maximum atomic E-state index is 14.5. The molecular weight excluding hydrogens is 516 g/mol. The van der Waals surface area contributed by atoms with E-state index in [9.17, 15) is 19.5 Å². The number of aliphatic hydroxyl groups is 1. The summed E-state index contributed by atoms with van der Waals surface area (Å²) in [5.74, 6) is -2.17. The van der Waals surface area contributed by atoms with Crippen LogP contribution in [0.4, 0.5) is 0 Å². The molecule has 1 aromatic heterocycles. The van der Waals surface area contributed by atoms with Gasteiger partial charge >= 0.3 is 0 Å². The van der Waals surface area contributed by atoms with Crippen molar-refractivity contribution in [2.24, 2.45) is 29.1 Å². The standard InChI is InChI=1S/C34H40N2O5/c1-6-23-28-29(20(4)22-17-35-25-13-8-7-11-21(22)25)36-32(40)34(28)24(31-33(23,5)41-31)12-9-10-18(2)16-19(3)30(39)26(37)14-15-27(34)38/h7-9,11-18,20,23-24,28-31,35,39H,6,10H2,1-5H3,(H,36,40)/b12-9+,15-14+,19-16-/t18-,20+,23-,24?,28-,29-,30-,31-,33+,34+/m0/s1. The van der Waals surface area contributed by atoms with Crippen LogP contribution in [0.15, 0.2) is 66.4 Å². The van der Waals surface area contributed by atoms with Crippen molar-refractivity contribution in [3.05, 3.63) is 72.0 Å². The van der Waals surface area contributed by atoms with Gasteiger partial charge in [-0.1, -0.05) is 63.6 Å². The third kappa shape index (κ3) is 4.03. The largest absolute Gasteiger partial charge is 0.381 e. The molecule has 2 aliphatic heterocycles. The minimum Gasteiger partial charge on any atom is -0.381 e. The highest BCUT2D eigenvalue weighted by Gasteiger charge is 2.79. The molecule has 3 fully saturated rings. The number of carbonyl (C=O) groups excluding carboxylic acids is 3. The second-order valence-corrected chi connectivity index (χ2v) is 12.8. The minimum absolute atomic E-state index is 0.0501. The molecule has 7 nitrogen and oxygen atoms in total. The van der Waals surface area contributed by atoms with Crippen molar-refractivity contribution in [3.8, 4) is 0 Å². The topological polar surface area (TPSA) is 112 Å². The Hall–Kier alpha value is -3.29. The molecule has 1 spiro atoms. The second kappa shape index (κ2) is 9.92. The van der Waals surface area contributed by atoms with Crippen molar-refractivity contribution in [2.45, 2.75) is 77.2 Å². The van der Waals surface area contributed by atoms with Crippen molar-refractivity contribution < 1.29 is 24.2 Å². The Balaban J connectivity index is 1.51. The molecule has 3 heterocycles. The Kier molecular flexibility index (Phi) is 6.74. The summed E-state index contributed by atoms with van der Waals surface area (Å²) in [6.45, 7) is 10.1. The smallest absolute Gasteiger partial charge is 0.235 e. The molecule has 2 saturated heterocycles. The van der Waals surface area contributed by atoms with Crippen LogP contribution in [0.25, 0.3) is 10.9 Å². The number of ether oxygens (including phenoxy) is 1. The number of rotatable bonds is 3. The van der Waals surface area contributed by atoms with Crippen LogP contribution in [0.2, 0.25) is 0 Å². The van der Waals surface area contributed by atoms with E-state index < -0.39 is 34.6 Å². The lowest BCUT2D eigenvalue weighted by Gasteiger charge is -2.47. The van der Waals surface area contributed by atoms with Crippen molar-refractivity contribution in [3.63, 3.8) is 0 Å². The van der Waals surface area contributed by atoms with Gasteiger partial charge in [0, 0.05) is 40.9 Å².